The van der Waals surface area contributed by atoms with Gasteiger partial charge in [-0.1, -0.05) is 0 Å². The number of pyridine rings is 1. The molecule has 0 saturated heterocycles. The number of amides is 1. The average Bonchev–Trinajstić information content (AvgIpc) is 3.27. The second kappa shape index (κ2) is 8.95. The zero-order chi connectivity index (χ0) is 22.8. The van der Waals surface area contributed by atoms with Crippen LogP contribution in [0.2, 0.25) is 0 Å². The van der Waals surface area contributed by atoms with Crippen molar-refractivity contribution < 1.29 is 14.3 Å². The van der Waals surface area contributed by atoms with Crippen molar-refractivity contribution in [2.45, 2.75) is 12.8 Å². The SMILES string of the molecule is COCCNC(=O)c1ccc2c(c1)CC(C1=Nc3cc(-c4ccnc(N)n4)cnc3C1)CO2. The van der Waals surface area contributed by atoms with Crippen molar-refractivity contribution in [2.24, 2.45) is 10.9 Å². The number of ether oxygens (including phenoxy) is 2. The van der Waals surface area contributed by atoms with Gasteiger partial charge in [-0.3, -0.25) is 14.8 Å². The monoisotopic (exact) mass is 444 g/mol. The maximum atomic E-state index is 12.4. The molecule has 3 aromatic rings. The number of nitrogens with one attached hydrogen (secondary N) is 1. The Hall–Kier alpha value is -3.85. The molecule has 0 aliphatic carbocycles. The van der Waals surface area contributed by atoms with E-state index in [0.29, 0.717) is 37.4 Å². The van der Waals surface area contributed by atoms with E-state index >= 15 is 0 Å². The van der Waals surface area contributed by atoms with Crippen LogP contribution < -0.4 is 15.8 Å². The number of carbonyl (C=O) groups excluding carboxylic acids is 1. The first kappa shape index (κ1) is 21.0. The van der Waals surface area contributed by atoms with E-state index in [9.17, 15) is 4.79 Å². The number of aliphatic imine (C=N–C) groups is 1. The van der Waals surface area contributed by atoms with Gasteiger partial charge < -0.3 is 20.5 Å². The van der Waals surface area contributed by atoms with Crippen molar-refractivity contribution in [1.82, 2.24) is 20.3 Å². The van der Waals surface area contributed by atoms with Gasteiger partial charge >= 0.3 is 0 Å². The predicted molar refractivity (Wildman–Crippen MR) is 124 cm³/mol. The molecule has 0 fully saturated rings. The number of carbonyl (C=O) groups is 1. The molecule has 2 aliphatic rings. The first-order valence-corrected chi connectivity index (χ1v) is 10.8. The second-order valence-electron chi connectivity index (χ2n) is 8.05. The molecule has 9 nitrogen and oxygen atoms in total. The van der Waals surface area contributed by atoms with Crippen molar-refractivity contribution in [3.8, 4) is 17.0 Å². The van der Waals surface area contributed by atoms with Crippen LogP contribution in [-0.4, -0.2) is 53.4 Å². The number of anilines is 1. The lowest BCUT2D eigenvalue weighted by Gasteiger charge is -2.25. The van der Waals surface area contributed by atoms with E-state index in [1.807, 2.05) is 18.2 Å². The van der Waals surface area contributed by atoms with Gasteiger partial charge in [-0.15, -0.1) is 0 Å². The number of methoxy groups -OCH3 is 1. The fourth-order valence-corrected chi connectivity index (χ4v) is 4.11. The Labute approximate surface area is 191 Å². The van der Waals surface area contributed by atoms with Crippen LogP contribution in [0, 0.1) is 5.92 Å². The summed E-state index contributed by atoms with van der Waals surface area (Å²) in [5, 5.41) is 2.85. The number of benzene rings is 1. The van der Waals surface area contributed by atoms with E-state index in [1.165, 1.54) is 0 Å². The van der Waals surface area contributed by atoms with Crippen LogP contribution >= 0.6 is 0 Å². The quantitative estimate of drug-likeness (QED) is 0.559. The fourth-order valence-electron chi connectivity index (χ4n) is 4.11. The summed E-state index contributed by atoms with van der Waals surface area (Å²) >= 11 is 0. The molecule has 1 amide bonds. The van der Waals surface area contributed by atoms with Gasteiger partial charge in [0.15, 0.2) is 0 Å². The van der Waals surface area contributed by atoms with Crippen molar-refractivity contribution in [3.63, 3.8) is 0 Å². The Kier molecular flexibility index (Phi) is 5.70. The van der Waals surface area contributed by atoms with E-state index in [2.05, 4.69) is 20.3 Å². The number of aromatic nitrogens is 3. The molecule has 9 heteroatoms. The Bertz CT molecular complexity index is 1240. The van der Waals surface area contributed by atoms with E-state index in [-0.39, 0.29) is 17.8 Å². The lowest BCUT2D eigenvalue weighted by Crippen LogP contribution is -2.30. The number of nitrogens with zero attached hydrogens (tertiary/aromatic N) is 4. The molecule has 5 rings (SSSR count). The first-order chi connectivity index (χ1) is 16.1. The summed E-state index contributed by atoms with van der Waals surface area (Å²) in [6.07, 6.45) is 4.86. The average molecular weight is 444 g/mol. The van der Waals surface area contributed by atoms with Gasteiger partial charge in [0.05, 0.1) is 30.3 Å². The third-order valence-electron chi connectivity index (χ3n) is 5.82. The minimum atomic E-state index is -0.121. The Morgan fingerprint density at radius 1 is 1.27 bits per heavy atom. The van der Waals surface area contributed by atoms with Crippen molar-refractivity contribution in [1.29, 1.82) is 0 Å². The van der Waals surface area contributed by atoms with Crippen molar-refractivity contribution in [2.75, 3.05) is 32.6 Å². The Balaban J connectivity index is 1.33. The zero-order valence-electron chi connectivity index (χ0n) is 18.2. The third-order valence-corrected chi connectivity index (χ3v) is 5.82. The highest BCUT2D eigenvalue weighted by Gasteiger charge is 2.29. The smallest absolute Gasteiger partial charge is 0.251 e. The molecule has 1 aromatic carbocycles. The Morgan fingerprint density at radius 3 is 3.03 bits per heavy atom. The topological polar surface area (TPSA) is 125 Å². The maximum Gasteiger partial charge on any atom is 0.251 e. The van der Waals surface area contributed by atoms with Gasteiger partial charge in [0.25, 0.3) is 5.91 Å². The molecule has 3 N–H and O–H groups in total. The summed E-state index contributed by atoms with van der Waals surface area (Å²) in [7, 11) is 1.61. The van der Waals surface area contributed by atoms with E-state index in [0.717, 1.165) is 40.4 Å². The van der Waals surface area contributed by atoms with Crippen LogP contribution in [0.1, 0.15) is 21.6 Å². The van der Waals surface area contributed by atoms with Crippen molar-refractivity contribution in [3.05, 3.63) is 59.5 Å². The fraction of sp³-hybridized carbons (Fsp3) is 0.292. The van der Waals surface area contributed by atoms with Crippen LogP contribution in [0.3, 0.4) is 0 Å². The molecule has 2 aliphatic heterocycles. The van der Waals surface area contributed by atoms with Gasteiger partial charge in [0.2, 0.25) is 5.95 Å². The van der Waals surface area contributed by atoms with Gasteiger partial charge in [0, 0.05) is 55.2 Å². The molecule has 0 saturated carbocycles. The first-order valence-electron chi connectivity index (χ1n) is 10.8. The van der Waals surface area contributed by atoms with Gasteiger partial charge in [-0.2, -0.15) is 0 Å². The van der Waals surface area contributed by atoms with Gasteiger partial charge in [0.1, 0.15) is 5.75 Å². The lowest BCUT2D eigenvalue weighted by molar-refractivity contribution is 0.0937. The van der Waals surface area contributed by atoms with E-state index < -0.39 is 0 Å². The summed E-state index contributed by atoms with van der Waals surface area (Å²) in [4.78, 5) is 30.1. The van der Waals surface area contributed by atoms with Gasteiger partial charge in [-0.05, 0) is 42.3 Å². The van der Waals surface area contributed by atoms with Gasteiger partial charge in [-0.25, -0.2) is 9.97 Å². The molecule has 4 heterocycles. The van der Waals surface area contributed by atoms with Crippen LogP contribution in [0.15, 0.2) is 47.7 Å². The molecular formula is C24H24N6O3. The largest absolute Gasteiger partial charge is 0.493 e. The molecular weight excluding hydrogens is 420 g/mol. The maximum absolute atomic E-state index is 12.4. The molecule has 0 spiro atoms. The van der Waals surface area contributed by atoms with Crippen LogP contribution in [0.5, 0.6) is 5.75 Å². The highest BCUT2D eigenvalue weighted by Crippen LogP contribution is 2.35. The zero-order valence-corrected chi connectivity index (χ0v) is 18.2. The summed E-state index contributed by atoms with van der Waals surface area (Å²) in [6.45, 7) is 1.49. The molecule has 168 valence electrons. The molecule has 1 atom stereocenters. The summed E-state index contributed by atoms with van der Waals surface area (Å²) in [5.41, 5.74) is 11.7. The molecule has 33 heavy (non-hydrogen) atoms. The normalized spacial score (nSPS) is 16.4. The summed E-state index contributed by atoms with van der Waals surface area (Å²) < 4.78 is 11.0. The number of fused-ring (bicyclic) bond motifs is 2. The van der Waals surface area contributed by atoms with E-state index in [4.69, 9.17) is 20.2 Å². The van der Waals surface area contributed by atoms with Crippen LogP contribution in [0.25, 0.3) is 11.3 Å². The molecule has 1 unspecified atom stereocenters. The minimum absolute atomic E-state index is 0.121. The highest BCUT2D eigenvalue weighted by molar-refractivity contribution is 5.97. The summed E-state index contributed by atoms with van der Waals surface area (Å²) in [6, 6.07) is 9.34. The number of hydrogen-bond donors (Lipinski definition) is 2. The predicted octanol–water partition coefficient (Wildman–Crippen LogP) is 2.38. The Morgan fingerprint density at radius 2 is 2.18 bits per heavy atom. The minimum Gasteiger partial charge on any atom is -0.493 e. The van der Waals surface area contributed by atoms with Crippen LogP contribution in [-0.2, 0) is 17.6 Å². The number of nitrogen functional groups attached to an aromatic ring is 1. The third kappa shape index (κ3) is 4.40. The number of nitrogens with two attached hydrogens (primary N) is 1. The molecule has 0 bridgehead atoms. The molecule has 2 aromatic heterocycles. The molecule has 0 radical (unpaired) electrons. The highest BCUT2D eigenvalue weighted by atomic mass is 16.5. The van der Waals surface area contributed by atoms with E-state index in [1.54, 1.807) is 31.6 Å². The number of rotatable bonds is 6. The summed E-state index contributed by atoms with van der Waals surface area (Å²) in [5.74, 6) is 1.04. The van der Waals surface area contributed by atoms with Crippen molar-refractivity contribution >= 4 is 23.3 Å². The second-order valence-corrected chi connectivity index (χ2v) is 8.05. The van der Waals surface area contributed by atoms with Crippen LogP contribution in [0.4, 0.5) is 11.6 Å². The standard InChI is InChI=1S/C24H24N6O3/c1-32-7-6-26-23(31)14-2-3-22-15(8-14)9-17(13-33-22)19-11-20-21(29-19)10-16(12-28-20)18-4-5-27-24(25)30-18/h2-5,8,10,12,17H,6-7,9,11,13H2,1H3,(H,26,31)(H2,25,27,30). The lowest BCUT2D eigenvalue weighted by atomic mass is 9.90. The number of hydrogen-bond acceptors (Lipinski definition) is 8.